The molecule has 0 spiro atoms. The molecule has 1 aromatic heterocycles. The van der Waals surface area contributed by atoms with Crippen molar-refractivity contribution >= 4 is 5.91 Å². The molecule has 0 radical (unpaired) electrons. The number of aromatic nitrogens is 2. The number of aliphatic hydroxyl groups is 1. The minimum Gasteiger partial charge on any atom is -0.396 e. The Labute approximate surface area is 117 Å². The van der Waals surface area contributed by atoms with Crippen molar-refractivity contribution in [1.82, 2.24) is 14.5 Å². The summed E-state index contributed by atoms with van der Waals surface area (Å²) in [6.07, 6.45) is 6.15. The van der Waals surface area contributed by atoms with E-state index in [-0.39, 0.29) is 18.4 Å². The lowest BCUT2D eigenvalue weighted by Gasteiger charge is -2.16. The maximum Gasteiger partial charge on any atom is 0.253 e. The average molecular weight is 271 g/mol. The highest BCUT2D eigenvalue weighted by molar-refractivity contribution is 5.95. The van der Waals surface area contributed by atoms with Gasteiger partial charge < -0.3 is 14.6 Å². The van der Waals surface area contributed by atoms with E-state index in [1.165, 1.54) is 0 Å². The fourth-order valence-electron chi connectivity index (χ4n) is 2.56. The highest BCUT2D eigenvalue weighted by Crippen LogP contribution is 2.19. The van der Waals surface area contributed by atoms with Gasteiger partial charge in [0.15, 0.2) is 0 Å². The van der Waals surface area contributed by atoms with Gasteiger partial charge >= 0.3 is 0 Å². The van der Waals surface area contributed by atoms with Crippen LogP contribution < -0.4 is 0 Å². The molecule has 1 saturated heterocycles. The molecule has 0 bridgehead atoms. The Morgan fingerprint density at radius 2 is 2.35 bits per heavy atom. The van der Waals surface area contributed by atoms with Gasteiger partial charge in [-0.05, 0) is 24.6 Å². The van der Waals surface area contributed by atoms with E-state index in [0.29, 0.717) is 12.1 Å². The highest BCUT2D eigenvalue weighted by atomic mass is 16.3. The number of benzene rings is 1. The summed E-state index contributed by atoms with van der Waals surface area (Å²) in [4.78, 5) is 18.3. The first-order valence-electron chi connectivity index (χ1n) is 6.76. The molecule has 1 fully saturated rings. The van der Waals surface area contributed by atoms with Gasteiger partial charge in [-0.25, -0.2) is 4.98 Å². The van der Waals surface area contributed by atoms with E-state index in [1.807, 2.05) is 39.9 Å². The van der Waals surface area contributed by atoms with Crippen LogP contribution in [0, 0.1) is 5.92 Å². The van der Waals surface area contributed by atoms with Crippen LogP contribution in [-0.4, -0.2) is 45.2 Å². The van der Waals surface area contributed by atoms with Gasteiger partial charge in [0.05, 0.1) is 6.33 Å². The van der Waals surface area contributed by atoms with E-state index in [1.54, 1.807) is 12.5 Å². The van der Waals surface area contributed by atoms with Gasteiger partial charge in [0, 0.05) is 49.3 Å². The first-order chi connectivity index (χ1) is 9.78. The number of amides is 1. The first-order valence-corrected chi connectivity index (χ1v) is 6.76. The Kier molecular flexibility index (Phi) is 3.52. The maximum absolute atomic E-state index is 12.4. The lowest BCUT2D eigenvalue weighted by atomic mass is 10.1. The quantitative estimate of drug-likeness (QED) is 0.916. The van der Waals surface area contributed by atoms with Crippen molar-refractivity contribution in [1.29, 1.82) is 0 Å². The van der Waals surface area contributed by atoms with E-state index in [2.05, 4.69) is 4.98 Å². The summed E-state index contributed by atoms with van der Waals surface area (Å²) < 4.78 is 1.87. The molecule has 1 unspecified atom stereocenters. The average Bonchev–Trinajstić information content (AvgIpc) is 3.17. The molecule has 5 heteroatoms. The molecule has 1 aliphatic rings. The van der Waals surface area contributed by atoms with Crippen molar-refractivity contribution in [2.45, 2.75) is 6.42 Å². The number of rotatable bonds is 3. The number of carbonyl (C=O) groups is 1. The standard InChI is InChI=1S/C15H17N3O2/c19-10-12-4-6-17(9-12)15(20)13-2-1-3-14(8-13)18-7-5-16-11-18/h1-3,5,7-8,11-12,19H,4,6,9-10H2. The second-order valence-electron chi connectivity index (χ2n) is 5.11. The van der Waals surface area contributed by atoms with Crippen molar-refractivity contribution in [3.8, 4) is 5.69 Å². The number of nitrogens with zero attached hydrogens (tertiary/aromatic N) is 3. The van der Waals surface area contributed by atoms with E-state index < -0.39 is 0 Å². The Morgan fingerprint density at radius 1 is 1.45 bits per heavy atom. The number of hydrogen-bond donors (Lipinski definition) is 1. The van der Waals surface area contributed by atoms with E-state index in [0.717, 1.165) is 18.7 Å². The molecule has 2 aromatic rings. The number of aliphatic hydroxyl groups excluding tert-OH is 1. The molecule has 3 rings (SSSR count). The van der Waals surface area contributed by atoms with E-state index in [9.17, 15) is 4.79 Å². The zero-order valence-corrected chi connectivity index (χ0v) is 11.1. The molecule has 20 heavy (non-hydrogen) atoms. The monoisotopic (exact) mass is 271 g/mol. The molecule has 1 atom stereocenters. The summed E-state index contributed by atoms with van der Waals surface area (Å²) in [5.74, 6) is 0.249. The molecule has 1 aliphatic heterocycles. The molecule has 0 saturated carbocycles. The minimum atomic E-state index is 0.0305. The number of imidazole rings is 1. The van der Waals surface area contributed by atoms with Crippen LogP contribution in [0.25, 0.3) is 5.69 Å². The van der Waals surface area contributed by atoms with Crippen LogP contribution in [-0.2, 0) is 0 Å². The molecule has 5 nitrogen and oxygen atoms in total. The van der Waals surface area contributed by atoms with Crippen LogP contribution >= 0.6 is 0 Å². The topological polar surface area (TPSA) is 58.4 Å². The van der Waals surface area contributed by atoms with Crippen LogP contribution in [0.1, 0.15) is 16.8 Å². The molecule has 1 aromatic carbocycles. The Balaban J connectivity index is 1.80. The van der Waals surface area contributed by atoms with E-state index >= 15 is 0 Å². The van der Waals surface area contributed by atoms with Gasteiger partial charge in [-0.1, -0.05) is 6.07 Å². The third-order valence-corrected chi connectivity index (χ3v) is 3.73. The predicted octanol–water partition coefficient (Wildman–Crippen LogP) is 1.33. The Hall–Kier alpha value is -2.14. The number of carbonyl (C=O) groups excluding carboxylic acids is 1. The molecule has 0 aliphatic carbocycles. The van der Waals surface area contributed by atoms with Crippen molar-refractivity contribution in [3.05, 3.63) is 48.5 Å². The van der Waals surface area contributed by atoms with E-state index in [4.69, 9.17) is 5.11 Å². The van der Waals surface area contributed by atoms with Crippen LogP contribution in [0.3, 0.4) is 0 Å². The summed E-state index contributed by atoms with van der Waals surface area (Å²) in [5.41, 5.74) is 1.60. The van der Waals surface area contributed by atoms with Gasteiger partial charge in [-0.2, -0.15) is 0 Å². The number of hydrogen-bond acceptors (Lipinski definition) is 3. The van der Waals surface area contributed by atoms with Gasteiger partial charge in [0.2, 0.25) is 0 Å². The summed E-state index contributed by atoms with van der Waals surface area (Å²) in [7, 11) is 0. The van der Waals surface area contributed by atoms with Gasteiger partial charge in [0.25, 0.3) is 5.91 Å². The Bertz CT molecular complexity index is 595. The molecule has 1 N–H and O–H groups in total. The smallest absolute Gasteiger partial charge is 0.253 e. The molecule has 1 amide bonds. The normalized spacial score (nSPS) is 18.4. The second kappa shape index (κ2) is 5.46. The zero-order chi connectivity index (χ0) is 13.9. The van der Waals surface area contributed by atoms with Crippen molar-refractivity contribution in [2.24, 2.45) is 5.92 Å². The van der Waals surface area contributed by atoms with Gasteiger partial charge in [-0.3, -0.25) is 4.79 Å². The maximum atomic E-state index is 12.4. The van der Waals surface area contributed by atoms with Crippen LogP contribution in [0.4, 0.5) is 0 Å². The molecular weight excluding hydrogens is 254 g/mol. The Morgan fingerprint density at radius 3 is 3.05 bits per heavy atom. The lowest BCUT2D eigenvalue weighted by Crippen LogP contribution is -2.29. The predicted molar refractivity (Wildman–Crippen MR) is 74.7 cm³/mol. The van der Waals surface area contributed by atoms with Gasteiger partial charge in [0.1, 0.15) is 0 Å². The van der Waals surface area contributed by atoms with Crippen LogP contribution in [0.2, 0.25) is 0 Å². The summed E-state index contributed by atoms with van der Waals surface area (Å²) in [5, 5.41) is 9.16. The summed E-state index contributed by atoms with van der Waals surface area (Å²) in [6.45, 7) is 1.52. The molecule has 104 valence electrons. The molecule has 2 heterocycles. The largest absolute Gasteiger partial charge is 0.396 e. The SMILES string of the molecule is O=C(c1cccc(-n2ccnc2)c1)N1CCC(CO)C1. The zero-order valence-electron chi connectivity index (χ0n) is 11.1. The van der Waals surface area contributed by atoms with Gasteiger partial charge in [-0.15, -0.1) is 0 Å². The summed E-state index contributed by atoms with van der Waals surface area (Å²) in [6, 6.07) is 7.52. The lowest BCUT2D eigenvalue weighted by molar-refractivity contribution is 0.0782. The highest BCUT2D eigenvalue weighted by Gasteiger charge is 2.26. The fraction of sp³-hybridized carbons (Fsp3) is 0.333. The van der Waals surface area contributed by atoms with Crippen molar-refractivity contribution < 1.29 is 9.90 Å². The second-order valence-corrected chi connectivity index (χ2v) is 5.11. The van der Waals surface area contributed by atoms with Crippen molar-refractivity contribution in [3.63, 3.8) is 0 Å². The van der Waals surface area contributed by atoms with Crippen LogP contribution in [0.5, 0.6) is 0 Å². The first kappa shape index (κ1) is 12.9. The minimum absolute atomic E-state index is 0.0305. The third-order valence-electron chi connectivity index (χ3n) is 3.73. The van der Waals surface area contributed by atoms with Crippen LogP contribution in [0.15, 0.2) is 43.0 Å². The molecular formula is C15H17N3O2. The third kappa shape index (κ3) is 2.44. The number of likely N-dealkylation sites (tertiary alicyclic amines) is 1. The van der Waals surface area contributed by atoms with Crippen molar-refractivity contribution in [2.75, 3.05) is 19.7 Å². The summed E-state index contributed by atoms with van der Waals surface area (Å²) >= 11 is 0. The fourth-order valence-corrected chi connectivity index (χ4v) is 2.56.